The van der Waals surface area contributed by atoms with Crippen molar-refractivity contribution in [3.8, 4) is 0 Å². The zero-order valence-electron chi connectivity index (χ0n) is 17.8. The third-order valence-electron chi connectivity index (χ3n) is 5.82. The smallest absolute Gasteiger partial charge is 0.418 e. The molecule has 0 unspecified atom stereocenters. The van der Waals surface area contributed by atoms with Crippen molar-refractivity contribution in [2.24, 2.45) is 0 Å². The summed E-state index contributed by atoms with van der Waals surface area (Å²) in [7, 11) is 0. The van der Waals surface area contributed by atoms with Crippen LogP contribution >= 0.6 is 0 Å². The van der Waals surface area contributed by atoms with E-state index in [4.69, 9.17) is 8.83 Å². The SMILES string of the molecule is O=C(Cc1coc2cc3c(cc12)CCC3)Nc1ccc(NC(=O)c2ccco2)cc1C(F)(F)F. The van der Waals surface area contributed by atoms with Gasteiger partial charge in [0, 0.05) is 16.6 Å². The lowest BCUT2D eigenvalue weighted by molar-refractivity contribution is -0.136. The molecule has 6 nitrogen and oxygen atoms in total. The van der Waals surface area contributed by atoms with Crippen molar-refractivity contribution in [3.05, 3.63) is 83.0 Å². The van der Waals surface area contributed by atoms with Crippen LogP contribution in [0.5, 0.6) is 0 Å². The van der Waals surface area contributed by atoms with E-state index in [1.165, 1.54) is 41.9 Å². The van der Waals surface area contributed by atoms with Gasteiger partial charge in [-0.3, -0.25) is 9.59 Å². The van der Waals surface area contributed by atoms with Crippen LogP contribution in [0, 0.1) is 0 Å². The average Bonchev–Trinajstić information content (AvgIpc) is 3.54. The lowest BCUT2D eigenvalue weighted by Gasteiger charge is -2.15. The van der Waals surface area contributed by atoms with Crippen LogP contribution < -0.4 is 10.6 Å². The number of anilines is 2. The number of hydrogen-bond donors (Lipinski definition) is 2. The summed E-state index contributed by atoms with van der Waals surface area (Å²) in [6, 6.07) is 10.0. The van der Waals surface area contributed by atoms with E-state index in [1.807, 2.05) is 12.1 Å². The molecule has 0 saturated carbocycles. The van der Waals surface area contributed by atoms with Crippen molar-refractivity contribution in [3.63, 3.8) is 0 Å². The molecule has 0 atom stereocenters. The summed E-state index contributed by atoms with van der Waals surface area (Å²) < 4.78 is 51.6. The van der Waals surface area contributed by atoms with E-state index in [1.54, 1.807) is 0 Å². The normalized spacial score (nSPS) is 13.1. The molecule has 2 N–H and O–H groups in total. The Labute approximate surface area is 191 Å². The molecule has 2 aromatic carbocycles. The monoisotopic (exact) mass is 468 g/mol. The van der Waals surface area contributed by atoms with E-state index in [2.05, 4.69) is 10.6 Å². The third kappa shape index (κ3) is 4.28. The molecule has 34 heavy (non-hydrogen) atoms. The number of nitrogens with one attached hydrogen (secondary N) is 2. The highest BCUT2D eigenvalue weighted by Crippen LogP contribution is 2.37. The molecule has 0 aliphatic heterocycles. The van der Waals surface area contributed by atoms with E-state index >= 15 is 0 Å². The molecule has 0 radical (unpaired) electrons. The van der Waals surface area contributed by atoms with E-state index in [-0.39, 0.29) is 17.9 Å². The van der Waals surface area contributed by atoms with Crippen molar-refractivity contribution < 1.29 is 31.6 Å². The van der Waals surface area contributed by atoms with Crippen LogP contribution in [-0.2, 0) is 30.2 Å². The molecule has 2 aromatic heterocycles. The second-order valence-electron chi connectivity index (χ2n) is 8.15. The molecule has 0 spiro atoms. The van der Waals surface area contributed by atoms with Gasteiger partial charge in [-0.05, 0) is 72.9 Å². The maximum absolute atomic E-state index is 13.7. The predicted molar refractivity (Wildman–Crippen MR) is 119 cm³/mol. The van der Waals surface area contributed by atoms with Crippen molar-refractivity contribution in [1.82, 2.24) is 0 Å². The number of aryl methyl sites for hydroxylation is 2. The van der Waals surface area contributed by atoms with Crippen LogP contribution in [0.3, 0.4) is 0 Å². The zero-order chi connectivity index (χ0) is 23.9. The fourth-order valence-corrected chi connectivity index (χ4v) is 4.22. The van der Waals surface area contributed by atoms with Gasteiger partial charge in [0.05, 0.1) is 30.2 Å². The van der Waals surface area contributed by atoms with Gasteiger partial charge in [0.15, 0.2) is 5.76 Å². The number of halogens is 3. The summed E-state index contributed by atoms with van der Waals surface area (Å²) >= 11 is 0. The first-order valence-corrected chi connectivity index (χ1v) is 10.7. The average molecular weight is 468 g/mol. The minimum Gasteiger partial charge on any atom is -0.464 e. The predicted octanol–water partition coefficient (Wildman–Crippen LogP) is 5.97. The Morgan fingerprint density at radius 3 is 2.50 bits per heavy atom. The highest BCUT2D eigenvalue weighted by Gasteiger charge is 2.34. The summed E-state index contributed by atoms with van der Waals surface area (Å²) in [6.07, 6.45) is 0.870. The van der Waals surface area contributed by atoms with Gasteiger partial charge in [-0.15, -0.1) is 0 Å². The Bertz CT molecular complexity index is 1390. The number of fused-ring (bicyclic) bond motifs is 2. The van der Waals surface area contributed by atoms with Gasteiger partial charge in [0.1, 0.15) is 5.58 Å². The van der Waals surface area contributed by atoms with Crippen molar-refractivity contribution in [2.45, 2.75) is 31.9 Å². The van der Waals surface area contributed by atoms with Gasteiger partial charge in [-0.1, -0.05) is 0 Å². The lowest BCUT2D eigenvalue weighted by atomic mass is 10.0. The molecule has 2 heterocycles. The Morgan fingerprint density at radius 1 is 0.971 bits per heavy atom. The first-order valence-electron chi connectivity index (χ1n) is 10.7. The summed E-state index contributed by atoms with van der Waals surface area (Å²) in [5.41, 5.74) is 2.15. The van der Waals surface area contributed by atoms with Crippen LogP contribution in [0.1, 0.15) is 39.2 Å². The van der Waals surface area contributed by atoms with Gasteiger partial charge < -0.3 is 19.5 Å². The van der Waals surface area contributed by atoms with Crippen molar-refractivity contribution in [1.29, 1.82) is 0 Å². The molecule has 1 aliphatic rings. The molecule has 1 aliphatic carbocycles. The van der Waals surface area contributed by atoms with Gasteiger partial charge in [0.2, 0.25) is 5.91 Å². The molecule has 0 fully saturated rings. The number of carbonyl (C=O) groups excluding carboxylic acids is 2. The van der Waals surface area contributed by atoms with E-state index in [9.17, 15) is 22.8 Å². The Kier molecular flexibility index (Phi) is 5.39. The lowest BCUT2D eigenvalue weighted by Crippen LogP contribution is -2.19. The van der Waals surface area contributed by atoms with Crippen LogP contribution in [0.15, 0.2) is 63.8 Å². The summed E-state index contributed by atoms with van der Waals surface area (Å²) in [6.45, 7) is 0. The molecule has 9 heteroatoms. The third-order valence-corrected chi connectivity index (χ3v) is 5.82. The second-order valence-corrected chi connectivity index (χ2v) is 8.15. The minimum atomic E-state index is -4.75. The van der Waals surface area contributed by atoms with Gasteiger partial charge in [-0.2, -0.15) is 13.2 Å². The molecule has 4 aromatic rings. The number of rotatable bonds is 5. The van der Waals surface area contributed by atoms with Crippen LogP contribution in [0.25, 0.3) is 11.0 Å². The molecule has 0 saturated heterocycles. The van der Waals surface area contributed by atoms with E-state index in [0.29, 0.717) is 11.1 Å². The van der Waals surface area contributed by atoms with Crippen LogP contribution in [0.4, 0.5) is 24.5 Å². The Balaban J connectivity index is 1.35. The Hall–Kier alpha value is -4.01. The van der Waals surface area contributed by atoms with Crippen molar-refractivity contribution in [2.75, 3.05) is 10.6 Å². The molecule has 2 amide bonds. The molecule has 0 bridgehead atoms. The highest BCUT2D eigenvalue weighted by molar-refractivity contribution is 6.02. The number of benzene rings is 2. The minimum absolute atomic E-state index is 0.0380. The summed E-state index contributed by atoms with van der Waals surface area (Å²) in [5.74, 6) is -1.33. The van der Waals surface area contributed by atoms with Crippen LogP contribution in [-0.4, -0.2) is 11.8 Å². The fraction of sp³-hybridized carbons (Fsp3) is 0.200. The Morgan fingerprint density at radius 2 is 1.76 bits per heavy atom. The first-order chi connectivity index (χ1) is 16.3. The maximum atomic E-state index is 13.7. The van der Waals surface area contributed by atoms with E-state index < -0.39 is 29.2 Å². The van der Waals surface area contributed by atoms with E-state index in [0.717, 1.165) is 36.8 Å². The standard InChI is InChI=1S/C25H19F3N2O4/c26-25(27,28)19-12-17(29-24(32)21-5-2-8-33-21)6-7-20(19)30-23(31)11-16-13-34-22-10-15-4-1-3-14(15)9-18(16)22/h2,5-10,12-13H,1,3-4,11H2,(H,29,32)(H,30,31). The van der Waals surface area contributed by atoms with Crippen LogP contribution in [0.2, 0.25) is 0 Å². The fourth-order valence-electron chi connectivity index (χ4n) is 4.22. The van der Waals surface area contributed by atoms with Crippen molar-refractivity contribution >= 4 is 34.2 Å². The van der Waals surface area contributed by atoms with Gasteiger partial charge in [-0.25, -0.2) is 0 Å². The zero-order valence-corrected chi connectivity index (χ0v) is 17.8. The van der Waals surface area contributed by atoms with Gasteiger partial charge >= 0.3 is 6.18 Å². The molecular weight excluding hydrogens is 449 g/mol. The first kappa shape index (κ1) is 21.8. The number of amides is 2. The van der Waals surface area contributed by atoms with Gasteiger partial charge in [0.25, 0.3) is 5.91 Å². The number of hydrogen-bond acceptors (Lipinski definition) is 4. The maximum Gasteiger partial charge on any atom is 0.418 e. The molecule has 174 valence electrons. The quantitative estimate of drug-likeness (QED) is 0.378. The molecule has 5 rings (SSSR count). The number of furan rings is 2. The molecular formula is C25H19F3N2O4. The largest absolute Gasteiger partial charge is 0.464 e. The summed E-state index contributed by atoms with van der Waals surface area (Å²) in [4.78, 5) is 24.7. The second kappa shape index (κ2) is 8.40. The number of alkyl halides is 3. The number of carbonyl (C=O) groups is 2. The summed E-state index contributed by atoms with van der Waals surface area (Å²) in [5, 5.41) is 5.50. The highest BCUT2D eigenvalue weighted by atomic mass is 19.4. The topological polar surface area (TPSA) is 84.5 Å².